The highest BCUT2D eigenvalue weighted by Gasteiger charge is 2.29. The van der Waals surface area contributed by atoms with Gasteiger partial charge in [-0.2, -0.15) is 0 Å². The molecule has 2 aliphatic carbocycles. The molecular formula is C11H16O2. The van der Waals surface area contributed by atoms with Gasteiger partial charge in [0.05, 0.1) is 5.92 Å². The third kappa shape index (κ3) is 1.62. The highest BCUT2D eigenvalue weighted by Crippen LogP contribution is 2.38. The van der Waals surface area contributed by atoms with Crippen LogP contribution in [0.5, 0.6) is 0 Å². The summed E-state index contributed by atoms with van der Waals surface area (Å²) in [6.07, 6.45) is 7.79. The first-order valence-electron chi connectivity index (χ1n) is 5.22. The second kappa shape index (κ2) is 3.52. The number of carboxylic acid groups (broad SMARTS) is 1. The normalized spacial score (nSPS) is 28.5. The Morgan fingerprint density at radius 2 is 1.85 bits per heavy atom. The first kappa shape index (κ1) is 8.79. The minimum Gasteiger partial charge on any atom is -0.481 e. The monoisotopic (exact) mass is 180 g/mol. The number of carboxylic acids is 1. The van der Waals surface area contributed by atoms with Crippen molar-refractivity contribution in [3.63, 3.8) is 0 Å². The van der Waals surface area contributed by atoms with Gasteiger partial charge in [-0.3, -0.25) is 4.79 Å². The lowest BCUT2D eigenvalue weighted by atomic mass is 9.76. The summed E-state index contributed by atoms with van der Waals surface area (Å²) >= 11 is 0. The Bertz CT molecular complexity index is 249. The van der Waals surface area contributed by atoms with Gasteiger partial charge in [-0.15, -0.1) is 0 Å². The number of aliphatic carboxylic acids is 1. The van der Waals surface area contributed by atoms with Crippen LogP contribution in [-0.2, 0) is 4.79 Å². The predicted octanol–water partition coefficient (Wildman–Crippen LogP) is 2.74. The summed E-state index contributed by atoms with van der Waals surface area (Å²) in [5.74, 6) is -0.738. The number of hydrogen-bond donors (Lipinski definition) is 1. The van der Waals surface area contributed by atoms with Crippen molar-refractivity contribution in [1.29, 1.82) is 0 Å². The van der Waals surface area contributed by atoms with Gasteiger partial charge in [-0.25, -0.2) is 0 Å². The van der Waals surface area contributed by atoms with Crippen LogP contribution < -0.4 is 0 Å². The van der Waals surface area contributed by atoms with Gasteiger partial charge in [-0.05, 0) is 44.9 Å². The minimum absolute atomic E-state index is 0.135. The van der Waals surface area contributed by atoms with Crippen LogP contribution in [0.3, 0.4) is 0 Å². The molecule has 72 valence electrons. The molecule has 2 rings (SSSR count). The third-order valence-corrected chi connectivity index (χ3v) is 3.32. The van der Waals surface area contributed by atoms with Crippen LogP contribution in [0.15, 0.2) is 11.1 Å². The molecule has 0 saturated carbocycles. The van der Waals surface area contributed by atoms with Crippen LogP contribution in [-0.4, -0.2) is 11.1 Å². The third-order valence-electron chi connectivity index (χ3n) is 3.32. The fraction of sp³-hybridized carbons (Fsp3) is 0.727. The van der Waals surface area contributed by atoms with Crippen molar-refractivity contribution in [1.82, 2.24) is 0 Å². The van der Waals surface area contributed by atoms with E-state index in [4.69, 9.17) is 5.11 Å². The first-order chi connectivity index (χ1) is 6.29. The Labute approximate surface area is 78.6 Å². The molecule has 0 amide bonds. The van der Waals surface area contributed by atoms with Crippen molar-refractivity contribution >= 4 is 5.97 Å². The summed E-state index contributed by atoms with van der Waals surface area (Å²) in [4.78, 5) is 11.0. The van der Waals surface area contributed by atoms with Gasteiger partial charge in [0, 0.05) is 0 Å². The lowest BCUT2D eigenvalue weighted by Gasteiger charge is -2.29. The summed E-state index contributed by atoms with van der Waals surface area (Å²) < 4.78 is 0. The Morgan fingerprint density at radius 3 is 2.62 bits per heavy atom. The topological polar surface area (TPSA) is 37.3 Å². The van der Waals surface area contributed by atoms with E-state index in [9.17, 15) is 4.79 Å². The second-order valence-corrected chi connectivity index (χ2v) is 4.12. The van der Waals surface area contributed by atoms with Crippen molar-refractivity contribution in [2.24, 2.45) is 5.92 Å². The van der Waals surface area contributed by atoms with Crippen LogP contribution in [0.1, 0.15) is 44.9 Å². The number of rotatable bonds is 1. The Balaban J connectivity index is 2.25. The molecule has 0 radical (unpaired) electrons. The second-order valence-electron chi connectivity index (χ2n) is 4.12. The van der Waals surface area contributed by atoms with Crippen molar-refractivity contribution in [2.75, 3.05) is 0 Å². The van der Waals surface area contributed by atoms with Crippen LogP contribution in [0.2, 0.25) is 0 Å². The maximum absolute atomic E-state index is 11.0. The maximum atomic E-state index is 11.0. The Kier molecular flexibility index (Phi) is 2.38. The van der Waals surface area contributed by atoms with E-state index in [1.807, 2.05) is 0 Å². The van der Waals surface area contributed by atoms with Crippen LogP contribution in [0.4, 0.5) is 0 Å². The van der Waals surface area contributed by atoms with Gasteiger partial charge in [0.1, 0.15) is 0 Å². The van der Waals surface area contributed by atoms with E-state index in [-0.39, 0.29) is 5.92 Å². The predicted molar refractivity (Wildman–Crippen MR) is 50.5 cm³/mol. The zero-order chi connectivity index (χ0) is 9.26. The molecule has 0 aliphatic heterocycles. The number of carbonyl (C=O) groups is 1. The molecule has 0 aromatic carbocycles. The molecule has 0 aromatic heterocycles. The standard InChI is InChI=1S/C11H16O2/c12-11(13)10-7-3-5-8-4-1-2-6-9(8)10/h10H,1-7H2,(H,12,13). The number of hydrogen-bond acceptors (Lipinski definition) is 1. The molecule has 1 N–H and O–H groups in total. The molecule has 0 heterocycles. The summed E-state index contributed by atoms with van der Waals surface area (Å²) in [7, 11) is 0. The fourth-order valence-corrected chi connectivity index (χ4v) is 2.66. The molecule has 1 unspecified atom stereocenters. The first-order valence-corrected chi connectivity index (χ1v) is 5.22. The van der Waals surface area contributed by atoms with E-state index >= 15 is 0 Å². The highest BCUT2D eigenvalue weighted by atomic mass is 16.4. The quantitative estimate of drug-likeness (QED) is 0.630. The van der Waals surface area contributed by atoms with Crippen LogP contribution >= 0.6 is 0 Å². The molecule has 13 heavy (non-hydrogen) atoms. The Hall–Kier alpha value is -0.790. The van der Waals surface area contributed by atoms with E-state index in [1.165, 1.54) is 36.8 Å². The van der Waals surface area contributed by atoms with E-state index in [0.717, 1.165) is 19.3 Å². The van der Waals surface area contributed by atoms with Crippen molar-refractivity contribution in [3.05, 3.63) is 11.1 Å². The molecule has 0 fully saturated rings. The van der Waals surface area contributed by atoms with Crippen LogP contribution in [0.25, 0.3) is 0 Å². The molecule has 0 aromatic rings. The summed E-state index contributed by atoms with van der Waals surface area (Å²) in [6, 6.07) is 0. The molecule has 0 saturated heterocycles. The molecule has 2 aliphatic rings. The zero-order valence-electron chi connectivity index (χ0n) is 7.88. The minimum atomic E-state index is -0.603. The van der Waals surface area contributed by atoms with Crippen LogP contribution in [0, 0.1) is 5.92 Å². The molecule has 0 spiro atoms. The van der Waals surface area contributed by atoms with Gasteiger partial charge in [0.15, 0.2) is 0 Å². The van der Waals surface area contributed by atoms with E-state index in [0.29, 0.717) is 0 Å². The fourth-order valence-electron chi connectivity index (χ4n) is 2.66. The van der Waals surface area contributed by atoms with E-state index < -0.39 is 5.97 Å². The molecule has 0 bridgehead atoms. The van der Waals surface area contributed by atoms with E-state index in [1.54, 1.807) is 0 Å². The zero-order valence-corrected chi connectivity index (χ0v) is 7.88. The molecule has 1 atom stereocenters. The van der Waals surface area contributed by atoms with E-state index in [2.05, 4.69) is 0 Å². The lowest BCUT2D eigenvalue weighted by Crippen LogP contribution is -2.22. The molecule has 2 heteroatoms. The van der Waals surface area contributed by atoms with Gasteiger partial charge in [0.2, 0.25) is 0 Å². The van der Waals surface area contributed by atoms with Gasteiger partial charge >= 0.3 is 5.97 Å². The highest BCUT2D eigenvalue weighted by molar-refractivity contribution is 5.74. The average Bonchev–Trinajstić information content (AvgIpc) is 2.17. The maximum Gasteiger partial charge on any atom is 0.310 e. The smallest absolute Gasteiger partial charge is 0.310 e. The SMILES string of the molecule is O=C(O)C1CCCC2=C1CCCC2. The largest absolute Gasteiger partial charge is 0.481 e. The summed E-state index contributed by atoms with van der Waals surface area (Å²) in [6.45, 7) is 0. The van der Waals surface area contributed by atoms with Gasteiger partial charge in [-0.1, -0.05) is 11.1 Å². The van der Waals surface area contributed by atoms with Crippen molar-refractivity contribution < 1.29 is 9.90 Å². The van der Waals surface area contributed by atoms with Gasteiger partial charge < -0.3 is 5.11 Å². The summed E-state index contributed by atoms with van der Waals surface area (Å²) in [5, 5.41) is 9.04. The molecular weight excluding hydrogens is 164 g/mol. The average molecular weight is 180 g/mol. The lowest BCUT2D eigenvalue weighted by molar-refractivity contribution is -0.140. The Morgan fingerprint density at radius 1 is 1.15 bits per heavy atom. The van der Waals surface area contributed by atoms with Crippen molar-refractivity contribution in [2.45, 2.75) is 44.9 Å². The summed E-state index contributed by atoms with van der Waals surface area (Å²) in [5.41, 5.74) is 2.76. The molecule has 2 nitrogen and oxygen atoms in total. The van der Waals surface area contributed by atoms with Crippen molar-refractivity contribution in [3.8, 4) is 0 Å². The number of allylic oxidation sites excluding steroid dienone is 1. The van der Waals surface area contributed by atoms with Gasteiger partial charge in [0.25, 0.3) is 0 Å².